The Bertz CT molecular complexity index is 415. The summed E-state index contributed by atoms with van der Waals surface area (Å²) in [5.41, 5.74) is 2.56. The van der Waals surface area contributed by atoms with Crippen LogP contribution in [0.15, 0.2) is 24.3 Å². The molecule has 0 radical (unpaired) electrons. The van der Waals surface area contributed by atoms with Gasteiger partial charge in [0.05, 0.1) is 0 Å². The van der Waals surface area contributed by atoms with Gasteiger partial charge in [-0.3, -0.25) is 0 Å². The van der Waals surface area contributed by atoms with Crippen molar-refractivity contribution in [2.24, 2.45) is 0 Å². The highest BCUT2D eigenvalue weighted by Gasteiger charge is 2.13. The topological polar surface area (TPSA) is 30.5 Å². The number of nitrogens with one attached hydrogen (secondary N) is 1. The third-order valence-electron chi connectivity index (χ3n) is 3.17. The molecule has 0 heterocycles. The molecule has 1 N–H and O–H groups in total. The van der Waals surface area contributed by atoms with E-state index < -0.39 is 0 Å². The third kappa shape index (κ3) is 3.12. The van der Waals surface area contributed by atoms with Crippen molar-refractivity contribution in [2.75, 3.05) is 26.8 Å². The smallest absolute Gasteiger partial charge is 0.123 e. The first kappa shape index (κ1) is 13.1. The Morgan fingerprint density at radius 3 is 3.06 bits per heavy atom. The number of fused-ring (bicyclic) bond motifs is 1. The van der Waals surface area contributed by atoms with E-state index in [4.69, 9.17) is 9.47 Å². The van der Waals surface area contributed by atoms with Gasteiger partial charge in [-0.25, -0.2) is 0 Å². The quantitative estimate of drug-likeness (QED) is 0.801. The van der Waals surface area contributed by atoms with E-state index in [2.05, 4.69) is 30.5 Å². The van der Waals surface area contributed by atoms with Gasteiger partial charge in [-0.1, -0.05) is 31.2 Å². The van der Waals surface area contributed by atoms with Crippen molar-refractivity contribution in [2.45, 2.75) is 19.4 Å². The minimum absolute atomic E-state index is 0.0927. The third-order valence-corrected chi connectivity index (χ3v) is 3.17. The minimum Gasteiger partial charge on any atom is -0.491 e. The van der Waals surface area contributed by atoms with E-state index in [9.17, 15) is 0 Å². The lowest BCUT2D eigenvalue weighted by Crippen LogP contribution is -2.33. The van der Waals surface area contributed by atoms with Crippen molar-refractivity contribution in [1.29, 1.82) is 0 Å². The van der Waals surface area contributed by atoms with Gasteiger partial charge in [0.25, 0.3) is 0 Å². The zero-order valence-electron chi connectivity index (χ0n) is 11.1. The van der Waals surface area contributed by atoms with Crippen LogP contribution >= 0.6 is 0 Å². The van der Waals surface area contributed by atoms with Crippen LogP contribution in [-0.2, 0) is 11.2 Å². The molecule has 1 aromatic rings. The molecular formula is C15H21NO2. The molecule has 18 heavy (non-hydrogen) atoms. The molecule has 2 rings (SSSR count). The van der Waals surface area contributed by atoms with Gasteiger partial charge in [0.1, 0.15) is 18.5 Å². The monoisotopic (exact) mass is 247 g/mol. The normalized spacial score (nSPS) is 14.6. The SMILES string of the molecule is CCNCC(COc1cccc2c1CC=C2)OC. The Hall–Kier alpha value is -1.32. The number of hydrogen-bond donors (Lipinski definition) is 1. The summed E-state index contributed by atoms with van der Waals surface area (Å²) < 4.78 is 11.3. The van der Waals surface area contributed by atoms with Crippen LogP contribution in [0.5, 0.6) is 5.75 Å². The van der Waals surface area contributed by atoms with E-state index >= 15 is 0 Å². The van der Waals surface area contributed by atoms with Gasteiger partial charge in [-0.05, 0) is 24.6 Å². The maximum atomic E-state index is 5.89. The molecule has 98 valence electrons. The van der Waals surface area contributed by atoms with E-state index in [1.165, 1.54) is 11.1 Å². The van der Waals surface area contributed by atoms with E-state index in [1.807, 2.05) is 12.1 Å². The maximum Gasteiger partial charge on any atom is 0.123 e. The van der Waals surface area contributed by atoms with Crippen LogP contribution in [0.2, 0.25) is 0 Å². The molecule has 1 atom stereocenters. The lowest BCUT2D eigenvalue weighted by Gasteiger charge is -2.18. The number of ether oxygens (including phenoxy) is 2. The Morgan fingerprint density at radius 1 is 1.39 bits per heavy atom. The largest absolute Gasteiger partial charge is 0.491 e. The summed E-state index contributed by atoms with van der Waals surface area (Å²) in [6.45, 7) is 4.44. The van der Waals surface area contributed by atoms with Crippen molar-refractivity contribution in [3.63, 3.8) is 0 Å². The van der Waals surface area contributed by atoms with Crippen LogP contribution in [0.25, 0.3) is 6.08 Å². The molecule has 1 unspecified atom stereocenters. The molecule has 0 aromatic heterocycles. The summed E-state index contributed by atoms with van der Waals surface area (Å²) in [5, 5.41) is 3.27. The fourth-order valence-corrected chi connectivity index (χ4v) is 2.09. The molecule has 0 spiro atoms. The van der Waals surface area contributed by atoms with E-state index in [-0.39, 0.29) is 6.10 Å². The van der Waals surface area contributed by atoms with Crippen LogP contribution < -0.4 is 10.1 Å². The van der Waals surface area contributed by atoms with Gasteiger partial charge >= 0.3 is 0 Å². The molecule has 0 saturated heterocycles. The van der Waals surface area contributed by atoms with Gasteiger partial charge in [0, 0.05) is 19.2 Å². The first-order chi connectivity index (χ1) is 8.85. The Labute approximate surface area is 109 Å². The van der Waals surface area contributed by atoms with Gasteiger partial charge in [-0.15, -0.1) is 0 Å². The highest BCUT2D eigenvalue weighted by Crippen LogP contribution is 2.28. The van der Waals surface area contributed by atoms with Gasteiger partial charge < -0.3 is 14.8 Å². The molecule has 1 aromatic carbocycles. The second-order valence-corrected chi connectivity index (χ2v) is 4.41. The summed E-state index contributed by atoms with van der Waals surface area (Å²) in [5.74, 6) is 0.982. The Morgan fingerprint density at radius 2 is 2.28 bits per heavy atom. The summed E-state index contributed by atoms with van der Waals surface area (Å²) in [7, 11) is 1.72. The summed E-state index contributed by atoms with van der Waals surface area (Å²) in [6.07, 6.45) is 5.38. The number of hydrogen-bond acceptors (Lipinski definition) is 3. The van der Waals surface area contributed by atoms with Crippen LogP contribution in [-0.4, -0.2) is 32.9 Å². The van der Waals surface area contributed by atoms with Crippen LogP contribution in [0.1, 0.15) is 18.1 Å². The fourth-order valence-electron chi connectivity index (χ4n) is 2.09. The van der Waals surface area contributed by atoms with Gasteiger partial charge in [0.2, 0.25) is 0 Å². The van der Waals surface area contributed by atoms with Crippen LogP contribution in [0, 0.1) is 0 Å². The van der Waals surface area contributed by atoms with E-state index in [0.29, 0.717) is 6.61 Å². The fraction of sp³-hybridized carbons (Fsp3) is 0.467. The molecular weight excluding hydrogens is 226 g/mol. The lowest BCUT2D eigenvalue weighted by atomic mass is 10.1. The van der Waals surface area contributed by atoms with Crippen molar-refractivity contribution in [1.82, 2.24) is 5.32 Å². The standard InChI is InChI=1S/C15H21NO2/c1-3-16-10-13(17-2)11-18-15-9-5-7-12-6-4-8-14(12)15/h4-7,9,13,16H,3,8,10-11H2,1-2H3. The van der Waals surface area contributed by atoms with E-state index in [0.717, 1.165) is 25.3 Å². The number of allylic oxidation sites excluding steroid dienone is 1. The van der Waals surface area contributed by atoms with Crippen molar-refractivity contribution in [3.05, 3.63) is 35.4 Å². The molecule has 0 aliphatic heterocycles. The molecule has 0 bridgehead atoms. The Kier molecular flexibility index (Phi) is 4.79. The first-order valence-corrected chi connectivity index (χ1v) is 6.50. The van der Waals surface area contributed by atoms with Gasteiger partial charge in [-0.2, -0.15) is 0 Å². The Balaban J connectivity index is 1.92. The predicted molar refractivity (Wildman–Crippen MR) is 74.0 cm³/mol. The summed E-state index contributed by atoms with van der Waals surface area (Å²) in [4.78, 5) is 0. The molecule has 3 nitrogen and oxygen atoms in total. The average Bonchev–Trinajstić information content (AvgIpc) is 2.88. The molecule has 0 fully saturated rings. The maximum absolute atomic E-state index is 5.89. The number of rotatable bonds is 7. The average molecular weight is 247 g/mol. The lowest BCUT2D eigenvalue weighted by molar-refractivity contribution is 0.0582. The zero-order chi connectivity index (χ0) is 12.8. The minimum atomic E-state index is 0.0927. The molecule has 3 heteroatoms. The first-order valence-electron chi connectivity index (χ1n) is 6.50. The zero-order valence-corrected chi connectivity index (χ0v) is 11.1. The highest BCUT2D eigenvalue weighted by atomic mass is 16.5. The van der Waals surface area contributed by atoms with Gasteiger partial charge in [0.15, 0.2) is 0 Å². The summed E-state index contributed by atoms with van der Waals surface area (Å²) in [6, 6.07) is 6.19. The second-order valence-electron chi connectivity index (χ2n) is 4.41. The summed E-state index contributed by atoms with van der Waals surface area (Å²) >= 11 is 0. The van der Waals surface area contributed by atoms with Crippen molar-refractivity contribution < 1.29 is 9.47 Å². The second kappa shape index (κ2) is 6.57. The number of likely N-dealkylation sites (N-methyl/N-ethyl adjacent to an activating group) is 1. The number of methoxy groups -OCH3 is 1. The predicted octanol–water partition coefficient (Wildman–Crippen LogP) is 2.26. The highest BCUT2D eigenvalue weighted by molar-refractivity contribution is 5.63. The van der Waals surface area contributed by atoms with Crippen LogP contribution in [0.3, 0.4) is 0 Å². The van der Waals surface area contributed by atoms with Crippen molar-refractivity contribution >= 4 is 6.08 Å². The van der Waals surface area contributed by atoms with E-state index in [1.54, 1.807) is 7.11 Å². The molecule has 1 aliphatic rings. The van der Waals surface area contributed by atoms with Crippen molar-refractivity contribution in [3.8, 4) is 5.75 Å². The number of benzene rings is 1. The van der Waals surface area contributed by atoms with Crippen LogP contribution in [0.4, 0.5) is 0 Å². The molecule has 1 aliphatic carbocycles. The molecule has 0 amide bonds. The molecule has 0 saturated carbocycles.